The maximum Gasteiger partial charge on any atom is 0.0869 e. The molecule has 0 spiro atoms. The van der Waals surface area contributed by atoms with Crippen molar-refractivity contribution in [2.75, 3.05) is 19.7 Å². The summed E-state index contributed by atoms with van der Waals surface area (Å²) >= 11 is 0. The van der Waals surface area contributed by atoms with Gasteiger partial charge in [0.1, 0.15) is 0 Å². The van der Waals surface area contributed by atoms with Gasteiger partial charge in [0.05, 0.1) is 12.2 Å². The maximum atomic E-state index is 10.6. The van der Waals surface area contributed by atoms with Gasteiger partial charge >= 0.3 is 0 Å². The molecule has 0 amide bonds. The largest absolute Gasteiger partial charge is 0.395 e. The highest BCUT2D eigenvalue weighted by molar-refractivity contribution is 5.21. The molecule has 2 N–H and O–H groups in total. The van der Waals surface area contributed by atoms with Gasteiger partial charge in [-0.3, -0.25) is 4.90 Å². The van der Waals surface area contributed by atoms with E-state index in [9.17, 15) is 10.2 Å². The zero-order valence-corrected chi connectivity index (χ0v) is 13.9. The average Bonchev–Trinajstić information content (AvgIpc) is 2.46. The molecule has 120 valence electrons. The highest BCUT2D eigenvalue weighted by Gasteiger charge is 2.24. The van der Waals surface area contributed by atoms with E-state index in [1.807, 2.05) is 37.3 Å². The Balaban J connectivity index is 2.54. The summed E-state index contributed by atoms with van der Waals surface area (Å²) in [5.74, 6) is 0.435. The number of likely N-dealkylation sites (N-methyl/N-ethyl adjacent to an activating group) is 1. The minimum absolute atomic E-state index is 0.195. The normalized spacial score (nSPS) is 16.2. The fourth-order valence-electron chi connectivity index (χ4n) is 2.87. The predicted molar refractivity (Wildman–Crippen MR) is 88.2 cm³/mol. The van der Waals surface area contributed by atoms with Crippen molar-refractivity contribution in [3.8, 4) is 0 Å². The number of hydrogen-bond donors (Lipinski definition) is 2. The number of aliphatic hydroxyl groups is 2. The molecule has 1 unspecified atom stereocenters. The van der Waals surface area contributed by atoms with E-state index in [0.29, 0.717) is 5.92 Å². The Hall–Kier alpha value is -0.900. The van der Waals surface area contributed by atoms with Crippen LogP contribution in [0.3, 0.4) is 0 Å². The minimum Gasteiger partial charge on any atom is -0.395 e. The van der Waals surface area contributed by atoms with Crippen LogP contribution in [0, 0.1) is 5.92 Å². The molecule has 1 aromatic carbocycles. The summed E-state index contributed by atoms with van der Waals surface area (Å²) in [6.07, 6.45) is 1.64. The number of aliphatic hydroxyl groups excluding tert-OH is 1. The summed E-state index contributed by atoms with van der Waals surface area (Å²) in [7, 11) is 0. The molecule has 0 aliphatic heterocycles. The molecule has 3 heteroatoms. The Bertz CT molecular complexity index is 389. The Kier molecular flexibility index (Phi) is 7.36. The quantitative estimate of drug-likeness (QED) is 0.735. The van der Waals surface area contributed by atoms with Crippen molar-refractivity contribution in [1.29, 1.82) is 0 Å². The van der Waals surface area contributed by atoms with Gasteiger partial charge in [0.15, 0.2) is 0 Å². The molecule has 2 atom stereocenters. The van der Waals surface area contributed by atoms with Crippen molar-refractivity contribution in [3.63, 3.8) is 0 Å². The van der Waals surface area contributed by atoms with Gasteiger partial charge in [0.2, 0.25) is 0 Å². The molecule has 0 bridgehead atoms. The Morgan fingerprint density at radius 2 is 1.81 bits per heavy atom. The first-order valence-electron chi connectivity index (χ1n) is 8.05. The summed E-state index contributed by atoms with van der Waals surface area (Å²) < 4.78 is 0. The van der Waals surface area contributed by atoms with Gasteiger partial charge in [-0.1, -0.05) is 51.1 Å². The number of nitrogens with zero attached hydrogens (tertiary/aromatic N) is 1. The van der Waals surface area contributed by atoms with Gasteiger partial charge in [-0.15, -0.1) is 0 Å². The molecule has 0 fully saturated rings. The lowest BCUT2D eigenvalue weighted by molar-refractivity contribution is 0.0358. The van der Waals surface area contributed by atoms with E-state index in [1.165, 1.54) is 0 Å². The highest BCUT2D eigenvalue weighted by atomic mass is 16.3. The van der Waals surface area contributed by atoms with E-state index >= 15 is 0 Å². The third-order valence-corrected chi connectivity index (χ3v) is 4.34. The molecular formula is C18H31NO2. The lowest BCUT2D eigenvalue weighted by atomic mass is 9.91. The van der Waals surface area contributed by atoms with Crippen molar-refractivity contribution in [2.24, 2.45) is 5.92 Å². The number of hydrogen-bond acceptors (Lipinski definition) is 3. The standard InChI is InChI=1S/C18H31NO2/c1-5-19(17(14-20)15(2)3)13-9-12-18(4,21)16-10-7-6-8-11-16/h6-8,10-11,15,17,20-21H,5,9,12-14H2,1-4H3/t17-,18?/m1/s1. The van der Waals surface area contributed by atoms with Crippen molar-refractivity contribution >= 4 is 0 Å². The van der Waals surface area contributed by atoms with Crippen LogP contribution in [-0.2, 0) is 5.60 Å². The summed E-state index contributed by atoms with van der Waals surface area (Å²) in [5, 5.41) is 20.2. The van der Waals surface area contributed by atoms with E-state index in [0.717, 1.165) is 31.5 Å². The second kappa shape index (κ2) is 8.52. The predicted octanol–water partition coefficient (Wildman–Crippen LogP) is 3.01. The van der Waals surface area contributed by atoms with Gasteiger partial charge in [0.25, 0.3) is 0 Å². The molecule has 0 aliphatic rings. The lowest BCUT2D eigenvalue weighted by Gasteiger charge is -2.33. The zero-order chi connectivity index (χ0) is 15.9. The zero-order valence-electron chi connectivity index (χ0n) is 13.9. The topological polar surface area (TPSA) is 43.7 Å². The van der Waals surface area contributed by atoms with E-state index < -0.39 is 5.60 Å². The molecule has 0 saturated carbocycles. The molecule has 0 aliphatic carbocycles. The number of benzene rings is 1. The van der Waals surface area contributed by atoms with Gasteiger partial charge in [-0.05, 0) is 44.3 Å². The van der Waals surface area contributed by atoms with E-state index in [4.69, 9.17) is 0 Å². The van der Waals surface area contributed by atoms with Crippen LogP contribution in [0.25, 0.3) is 0 Å². The molecule has 21 heavy (non-hydrogen) atoms. The van der Waals surface area contributed by atoms with Gasteiger partial charge in [0, 0.05) is 6.04 Å². The fraction of sp³-hybridized carbons (Fsp3) is 0.667. The molecule has 1 rings (SSSR count). The van der Waals surface area contributed by atoms with Crippen LogP contribution in [-0.4, -0.2) is 40.9 Å². The van der Waals surface area contributed by atoms with E-state index in [-0.39, 0.29) is 12.6 Å². The molecule has 0 radical (unpaired) electrons. The van der Waals surface area contributed by atoms with Gasteiger partial charge in [-0.2, -0.15) is 0 Å². The van der Waals surface area contributed by atoms with Crippen molar-refractivity contribution in [3.05, 3.63) is 35.9 Å². The monoisotopic (exact) mass is 293 g/mol. The first-order chi connectivity index (χ1) is 9.92. The summed E-state index contributed by atoms with van der Waals surface area (Å²) in [4.78, 5) is 2.31. The third kappa shape index (κ3) is 5.42. The first kappa shape index (κ1) is 18.1. The van der Waals surface area contributed by atoms with E-state index in [1.54, 1.807) is 0 Å². The van der Waals surface area contributed by atoms with Crippen LogP contribution < -0.4 is 0 Å². The van der Waals surface area contributed by atoms with Crippen LogP contribution in [0.5, 0.6) is 0 Å². The first-order valence-corrected chi connectivity index (χ1v) is 8.05. The summed E-state index contributed by atoms with van der Waals surface area (Å²) in [6.45, 7) is 10.3. The number of rotatable bonds is 9. The van der Waals surface area contributed by atoms with Crippen LogP contribution in [0.4, 0.5) is 0 Å². The van der Waals surface area contributed by atoms with Crippen LogP contribution in [0.15, 0.2) is 30.3 Å². The Labute approximate surface area is 129 Å². The van der Waals surface area contributed by atoms with Crippen molar-refractivity contribution < 1.29 is 10.2 Å². The van der Waals surface area contributed by atoms with Gasteiger partial charge < -0.3 is 10.2 Å². The average molecular weight is 293 g/mol. The molecule has 3 nitrogen and oxygen atoms in total. The van der Waals surface area contributed by atoms with Crippen molar-refractivity contribution in [1.82, 2.24) is 4.90 Å². The smallest absolute Gasteiger partial charge is 0.0869 e. The summed E-state index contributed by atoms with van der Waals surface area (Å²) in [6, 6.07) is 10.0. The highest BCUT2D eigenvalue weighted by Crippen LogP contribution is 2.26. The summed E-state index contributed by atoms with van der Waals surface area (Å²) in [5.41, 5.74) is 0.184. The Morgan fingerprint density at radius 3 is 2.29 bits per heavy atom. The molecule has 0 saturated heterocycles. The molecule has 0 heterocycles. The maximum absolute atomic E-state index is 10.6. The third-order valence-electron chi connectivity index (χ3n) is 4.34. The molecule has 1 aromatic rings. The second-order valence-electron chi connectivity index (χ2n) is 6.37. The lowest BCUT2D eigenvalue weighted by Crippen LogP contribution is -2.42. The minimum atomic E-state index is -0.785. The van der Waals surface area contributed by atoms with Crippen LogP contribution >= 0.6 is 0 Å². The van der Waals surface area contributed by atoms with Crippen LogP contribution in [0.2, 0.25) is 0 Å². The van der Waals surface area contributed by atoms with E-state index in [2.05, 4.69) is 25.7 Å². The Morgan fingerprint density at radius 1 is 1.19 bits per heavy atom. The van der Waals surface area contributed by atoms with Gasteiger partial charge in [-0.25, -0.2) is 0 Å². The second-order valence-corrected chi connectivity index (χ2v) is 6.37. The van der Waals surface area contributed by atoms with Crippen LogP contribution in [0.1, 0.15) is 46.1 Å². The fourth-order valence-corrected chi connectivity index (χ4v) is 2.87. The SMILES string of the molecule is CCN(CCCC(C)(O)c1ccccc1)[C@H](CO)C(C)C. The molecule has 0 aromatic heterocycles. The van der Waals surface area contributed by atoms with Crippen molar-refractivity contribution in [2.45, 2.75) is 52.2 Å². The molecular weight excluding hydrogens is 262 g/mol.